The third-order valence-corrected chi connectivity index (χ3v) is 7.06. The van der Waals surface area contributed by atoms with E-state index in [2.05, 4.69) is 15.6 Å². The molecule has 5 rings (SSSR count). The van der Waals surface area contributed by atoms with Crippen LogP contribution in [0.25, 0.3) is 10.9 Å². The molecular weight excluding hydrogens is 430 g/mol. The quantitative estimate of drug-likeness (QED) is 0.451. The van der Waals surface area contributed by atoms with Gasteiger partial charge in [-0.1, -0.05) is 18.2 Å². The maximum absolute atomic E-state index is 12.6. The third kappa shape index (κ3) is 4.23. The molecule has 3 aromatic rings. The number of para-hydroxylation sites is 1. The fourth-order valence-corrected chi connectivity index (χ4v) is 5.47. The van der Waals surface area contributed by atoms with Crippen molar-refractivity contribution >= 4 is 39.1 Å². The fraction of sp³-hybridized carbons (Fsp3) is 0.391. The maximum atomic E-state index is 12.6. The van der Waals surface area contributed by atoms with E-state index in [1.54, 1.807) is 0 Å². The van der Waals surface area contributed by atoms with Crippen LogP contribution >= 0.6 is 11.3 Å². The molecule has 4 heterocycles. The van der Waals surface area contributed by atoms with Gasteiger partial charge in [0.05, 0.1) is 18.3 Å². The standard InChI is InChI=1S/C23H25N3O5S/c27-21(17-9-13-5-1-2-6-16(13)25-17)24-11-14-10-15-18(12-31-14)32-22(20(15)23(28)29)26-19-7-3-4-8-30-19/h1-2,5-6,9,14,19,25-26H,3-4,7-8,10-12H2,(H,24,27)(H,28,29). The lowest BCUT2D eigenvalue weighted by Gasteiger charge is -2.24. The molecule has 32 heavy (non-hydrogen) atoms. The van der Waals surface area contributed by atoms with Crippen molar-refractivity contribution in [2.45, 2.75) is 44.6 Å². The summed E-state index contributed by atoms with van der Waals surface area (Å²) in [5.41, 5.74) is 2.48. The topological polar surface area (TPSA) is 113 Å². The van der Waals surface area contributed by atoms with Crippen molar-refractivity contribution in [3.8, 4) is 0 Å². The molecule has 2 aliphatic heterocycles. The highest BCUT2D eigenvalue weighted by atomic mass is 32.1. The Morgan fingerprint density at radius 1 is 1.22 bits per heavy atom. The molecule has 0 spiro atoms. The second kappa shape index (κ2) is 8.93. The van der Waals surface area contributed by atoms with Gasteiger partial charge in [-0.2, -0.15) is 0 Å². The Labute approximate surface area is 188 Å². The number of hydrogen-bond acceptors (Lipinski definition) is 6. The maximum Gasteiger partial charge on any atom is 0.338 e. The van der Waals surface area contributed by atoms with Crippen LogP contribution in [0.4, 0.5) is 5.00 Å². The number of carboxylic acid groups (broad SMARTS) is 1. The monoisotopic (exact) mass is 455 g/mol. The van der Waals surface area contributed by atoms with E-state index in [-0.39, 0.29) is 18.2 Å². The van der Waals surface area contributed by atoms with Gasteiger partial charge in [0.1, 0.15) is 16.9 Å². The zero-order valence-electron chi connectivity index (χ0n) is 17.5. The molecule has 2 aromatic heterocycles. The number of thiophene rings is 1. The summed E-state index contributed by atoms with van der Waals surface area (Å²) in [6, 6.07) is 9.53. The van der Waals surface area contributed by atoms with Crippen LogP contribution in [0.2, 0.25) is 0 Å². The summed E-state index contributed by atoms with van der Waals surface area (Å²) < 4.78 is 11.6. The molecule has 8 nitrogen and oxygen atoms in total. The average molecular weight is 456 g/mol. The molecule has 0 bridgehead atoms. The van der Waals surface area contributed by atoms with E-state index >= 15 is 0 Å². The largest absolute Gasteiger partial charge is 0.478 e. The number of nitrogens with one attached hydrogen (secondary N) is 3. The van der Waals surface area contributed by atoms with Gasteiger partial charge in [0.15, 0.2) is 0 Å². The highest BCUT2D eigenvalue weighted by molar-refractivity contribution is 7.16. The molecule has 1 saturated heterocycles. The molecule has 0 saturated carbocycles. The molecule has 2 atom stereocenters. The van der Waals surface area contributed by atoms with E-state index in [0.29, 0.717) is 42.4 Å². The van der Waals surface area contributed by atoms with Crippen molar-refractivity contribution in [1.82, 2.24) is 10.3 Å². The Morgan fingerprint density at radius 2 is 2.09 bits per heavy atom. The van der Waals surface area contributed by atoms with Gasteiger partial charge >= 0.3 is 5.97 Å². The van der Waals surface area contributed by atoms with Crippen molar-refractivity contribution in [1.29, 1.82) is 0 Å². The second-order valence-corrected chi connectivity index (χ2v) is 9.24. The summed E-state index contributed by atoms with van der Waals surface area (Å²) in [7, 11) is 0. The predicted octanol–water partition coefficient (Wildman–Crippen LogP) is 3.74. The molecule has 9 heteroatoms. The van der Waals surface area contributed by atoms with Gasteiger partial charge in [0, 0.05) is 35.4 Å². The van der Waals surface area contributed by atoms with E-state index in [1.165, 1.54) is 11.3 Å². The Bertz CT molecular complexity index is 1110. The molecule has 0 aliphatic carbocycles. The first-order valence-corrected chi connectivity index (χ1v) is 11.6. The Hall–Kier alpha value is -2.88. The van der Waals surface area contributed by atoms with Crippen molar-refractivity contribution < 1.29 is 24.2 Å². The van der Waals surface area contributed by atoms with E-state index in [0.717, 1.165) is 40.6 Å². The molecular formula is C23H25N3O5S. The predicted molar refractivity (Wildman–Crippen MR) is 121 cm³/mol. The summed E-state index contributed by atoms with van der Waals surface area (Å²) in [5.74, 6) is -1.17. The number of rotatable bonds is 6. The number of carboxylic acids is 1. The van der Waals surface area contributed by atoms with Crippen molar-refractivity contribution in [3.63, 3.8) is 0 Å². The van der Waals surface area contributed by atoms with E-state index in [1.807, 2.05) is 30.3 Å². The van der Waals surface area contributed by atoms with Crippen LogP contribution in [0, 0.1) is 0 Å². The Kier molecular flexibility index (Phi) is 5.86. The number of aromatic amines is 1. The number of benzene rings is 1. The van der Waals surface area contributed by atoms with Crippen molar-refractivity contribution in [3.05, 3.63) is 52.0 Å². The lowest BCUT2D eigenvalue weighted by Crippen LogP contribution is -2.37. The van der Waals surface area contributed by atoms with Gasteiger partial charge in [-0.3, -0.25) is 4.79 Å². The first kappa shape index (κ1) is 21.0. The smallest absolute Gasteiger partial charge is 0.338 e. The van der Waals surface area contributed by atoms with E-state index < -0.39 is 5.97 Å². The number of anilines is 1. The zero-order valence-corrected chi connectivity index (χ0v) is 18.3. The molecule has 2 aliphatic rings. The number of amides is 1. The first-order valence-electron chi connectivity index (χ1n) is 10.8. The number of carbonyl (C=O) groups is 2. The zero-order chi connectivity index (χ0) is 22.1. The summed E-state index contributed by atoms with van der Waals surface area (Å²) >= 11 is 1.42. The SMILES string of the molecule is O=C(NCC1Cc2c(sc(NC3CCCCO3)c2C(=O)O)CO1)c1cc2ccccc2[nH]1. The highest BCUT2D eigenvalue weighted by Crippen LogP contribution is 2.38. The van der Waals surface area contributed by atoms with Crippen molar-refractivity contribution in [2.75, 3.05) is 18.5 Å². The molecule has 1 fully saturated rings. The minimum absolute atomic E-state index is 0.158. The minimum atomic E-state index is -0.955. The summed E-state index contributed by atoms with van der Waals surface area (Å²) in [5, 5.41) is 17.7. The second-order valence-electron chi connectivity index (χ2n) is 8.13. The van der Waals surface area contributed by atoms with Crippen LogP contribution < -0.4 is 10.6 Å². The van der Waals surface area contributed by atoms with E-state index in [4.69, 9.17) is 9.47 Å². The molecule has 1 aromatic carbocycles. The minimum Gasteiger partial charge on any atom is -0.478 e. The number of ether oxygens (including phenoxy) is 2. The molecule has 168 valence electrons. The molecule has 4 N–H and O–H groups in total. The number of fused-ring (bicyclic) bond motifs is 2. The van der Waals surface area contributed by atoms with Gasteiger partial charge in [0.2, 0.25) is 0 Å². The van der Waals surface area contributed by atoms with Gasteiger partial charge in [-0.25, -0.2) is 4.79 Å². The Balaban J connectivity index is 1.26. The number of carbonyl (C=O) groups excluding carboxylic acids is 1. The fourth-order valence-electron chi connectivity index (χ4n) is 4.28. The summed E-state index contributed by atoms with van der Waals surface area (Å²) in [6.07, 6.45) is 2.95. The van der Waals surface area contributed by atoms with Gasteiger partial charge in [0.25, 0.3) is 5.91 Å². The normalized spacial score (nSPS) is 20.6. The van der Waals surface area contributed by atoms with E-state index in [9.17, 15) is 14.7 Å². The van der Waals surface area contributed by atoms with Gasteiger partial charge < -0.3 is 30.2 Å². The van der Waals surface area contributed by atoms with Crippen LogP contribution in [-0.4, -0.2) is 47.5 Å². The number of hydrogen-bond donors (Lipinski definition) is 4. The number of H-pyrrole nitrogens is 1. The van der Waals surface area contributed by atoms with Crippen LogP contribution in [-0.2, 0) is 22.5 Å². The van der Waals surface area contributed by atoms with Crippen LogP contribution in [0.5, 0.6) is 0 Å². The lowest BCUT2D eigenvalue weighted by molar-refractivity contribution is 0.0299. The van der Waals surface area contributed by atoms with Gasteiger partial charge in [-0.05, 0) is 37.0 Å². The van der Waals surface area contributed by atoms with Gasteiger partial charge in [-0.15, -0.1) is 11.3 Å². The van der Waals surface area contributed by atoms with Crippen LogP contribution in [0.3, 0.4) is 0 Å². The molecule has 1 amide bonds. The van der Waals surface area contributed by atoms with Crippen LogP contribution in [0.15, 0.2) is 30.3 Å². The summed E-state index contributed by atoms with van der Waals surface area (Å²) in [4.78, 5) is 28.7. The average Bonchev–Trinajstić information content (AvgIpc) is 3.39. The number of aromatic nitrogens is 1. The third-order valence-electron chi connectivity index (χ3n) is 5.92. The first-order chi connectivity index (χ1) is 15.6. The Morgan fingerprint density at radius 3 is 2.88 bits per heavy atom. The van der Waals surface area contributed by atoms with Crippen LogP contribution in [0.1, 0.15) is 50.5 Å². The highest BCUT2D eigenvalue weighted by Gasteiger charge is 2.31. The van der Waals surface area contributed by atoms with Crippen molar-refractivity contribution in [2.24, 2.45) is 0 Å². The lowest BCUT2D eigenvalue weighted by atomic mass is 10.0. The molecule has 0 radical (unpaired) electrons. The molecule has 2 unspecified atom stereocenters. The summed E-state index contributed by atoms with van der Waals surface area (Å²) in [6.45, 7) is 1.32. The number of aromatic carboxylic acids is 1.